The second kappa shape index (κ2) is 7.91. The fourth-order valence-corrected chi connectivity index (χ4v) is 2.59. The first kappa shape index (κ1) is 16.5. The van der Waals surface area contributed by atoms with Gasteiger partial charge in [0, 0.05) is 15.4 Å². The summed E-state index contributed by atoms with van der Waals surface area (Å²) in [5, 5.41) is 17.5. The Bertz CT molecular complexity index is 526. The summed E-state index contributed by atoms with van der Waals surface area (Å²) in [6.45, 7) is 0. The second-order valence-electron chi connectivity index (χ2n) is 3.76. The van der Waals surface area contributed by atoms with E-state index in [4.69, 9.17) is 10.2 Å². The van der Waals surface area contributed by atoms with Gasteiger partial charge in [-0.1, -0.05) is 37.9 Å². The van der Waals surface area contributed by atoms with Crippen molar-refractivity contribution in [3.63, 3.8) is 0 Å². The van der Waals surface area contributed by atoms with Crippen LogP contribution in [-0.4, -0.2) is 22.2 Å². The summed E-state index contributed by atoms with van der Waals surface area (Å²) in [4.78, 5) is 21.4. The normalized spacial score (nSPS) is 11.0. The van der Waals surface area contributed by atoms with Gasteiger partial charge in [-0.2, -0.15) is 0 Å². The van der Waals surface area contributed by atoms with Crippen LogP contribution >= 0.6 is 31.9 Å². The number of hydrogen-bond acceptors (Lipinski definition) is 4. The molecule has 0 aliphatic carbocycles. The van der Waals surface area contributed by atoms with E-state index in [0.717, 1.165) is 8.95 Å². The van der Waals surface area contributed by atoms with E-state index in [9.17, 15) is 9.59 Å². The van der Waals surface area contributed by atoms with Gasteiger partial charge in [-0.05, 0) is 24.6 Å². The van der Waals surface area contributed by atoms with Gasteiger partial charge in [0.25, 0.3) is 0 Å². The Morgan fingerprint density at radius 1 is 1.15 bits per heavy atom. The lowest BCUT2D eigenvalue weighted by Crippen LogP contribution is -2.26. The minimum atomic E-state index is -1.17. The number of carboxylic acids is 2. The maximum Gasteiger partial charge on any atom is 0.353 e. The minimum absolute atomic E-state index is 0.109. The number of allylic oxidation sites excluding steroid dienone is 1. The van der Waals surface area contributed by atoms with E-state index in [1.807, 2.05) is 6.07 Å². The Labute approximate surface area is 132 Å². The summed E-state index contributed by atoms with van der Waals surface area (Å²) in [6.07, 6.45) is 1.32. The zero-order valence-corrected chi connectivity index (χ0v) is 13.4. The molecule has 0 atom stereocenters. The zero-order valence-electron chi connectivity index (χ0n) is 10.2. The van der Waals surface area contributed by atoms with Crippen molar-refractivity contribution >= 4 is 49.5 Å². The predicted molar refractivity (Wildman–Crippen MR) is 81.2 cm³/mol. The number of hydrazine groups is 1. The molecule has 0 fully saturated rings. The largest absolute Gasteiger partial charge is 0.481 e. The predicted octanol–water partition coefficient (Wildman–Crippen LogP) is 2.96. The van der Waals surface area contributed by atoms with E-state index in [1.165, 1.54) is 6.08 Å². The Balaban J connectivity index is 2.67. The molecule has 0 saturated heterocycles. The SMILES string of the molecule is O=C(O)CCC=C(NNc1cc(Br)cc(Br)c1)C(=O)O. The lowest BCUT2D eigenvalue weighted by atomic mass is 10.2. The van der Waals surface area contributed by atoms with Gasteiger partial charge in [0.05, 0.1) is 5.69 Å². The first-order valence-corrected chi connectivity index (χ1v) is 7.10. The average Bonchev–Trinajstić information content (AvgIpc) is 2.31. The van der Waals surface area contributed by atoms with Crippen LogP contribution in [0.2, 0.25) is 0 Å². The van der Waals surface area contributed by atoms with Crippen LogP contribution in [0.15, 0.2) is 38.9 Å². The Morgan fingerprint density at radius 2 is 1.75 bits per heavy atom. The molecule has 0 heterocycles. The number of aliphatic carboxylic acids is 2. The molecule has 0 bridgehead atoms. The number of hydrogen-bond donors (Lipinski definition) is 4. The molecule has 108 valence electrons. The van der Waals surface area contributed by atoms with E-state index < -0.39 is 11.9 Å². The first-order chi connectivity index (χ1) is 9.38. The molecule has 1 aromatic carbocycles. The fourth-order valence-electron chi connectivity index (χ4n) is 1.30. The van der Waals surface area contributed by atoms with Gasteiger partial charge in [-0.15, -0.1) is 0 Å². The topological polar surface area (TPSA) is 98.7 Å². The second-order valence-corrected chi connectivity index (χ2v) is 5.59. The number of benzene rings is 1. The number of anilines is 1. The zero-order chi connectivity index (χ0) is 15.1. The standard InChI is InChI=1S/C12H12Br2N2O4/c13-7-4-8(14)6-9(5-7)15-16-10(12(19)20)2-1-3-11(17)18/h2,4-6,15-16H,1,3H2,(H,17,18)(H,19,20). The summed E-state index contributed by atoms with van der Waals surface area (Å²) < 4.78 is 1.64. The van der Waals surface area contributed by atoms with Gasteiger partial charge in [0.15, 0.2) is 0 Å². The lowest BCUT2D eigenvalue weighted by molar-refractivity contribution is -0.137. The molecule has 6 nitrogen and oxygen atoms in total. The summed E-state index contributed by atoms with van der Waals surface area (Å²) in [7, 11) is 0. The van der Waals surface area contributed by atoms with E-state index >= 15 is 0 Å². The van der Waals surface area contributed by atoms with Crippen LogP contribution in [0.5, 0.6) is 0 Å². The molecule has 0 saturated carbocycles. The van der Waals surface area contributed by atoms with Crippen LogP contribution in [0, 0.1) is 0 Å². The molecule has 1 aromatic rings. The average molecular weight is 408 g/mol. The molecule has 20 heavy (non-hydrogen) atoms. The third-order valence-corrected chi connectivity index (χ3v) is 3.06. The molecule has 0 aliphatic heterocycles. The maximum absolute atomic E-state index is 11.0. The molecule has 0 aromatic heterocycles. The summed E-state index contributed by atoms with van der Waals surface area (Å²) in [6, 6.07) is 5.36. The van der Waals surface area contributed by atoms with Crippen LogP contribution in [0.3, 0.4) is 0 Å². The number of nitrogens with one attached hydrogen (secondary N) is 2. The highest BCUT2D eigenvalue weighted by Gasteiger charge is 2.07. The van der Waals surface area contributed by atoms with Crippen molar-refractivity contribution in [1.82, 2.24) is 5.43 Å². The molecule has 0 amide bonds. The minimum Gasteiger partial charge on any atom is -0.481 e. The van der Waals surface area contributed by atoms with Gasteiger partial charge < -0.3 is 15.6 Å². The maximum atomic E-state index is 11.0. The summed E-state index contributed by atoms with van der Waals surface area (Å²) in [5.74, 6) is -2.15. The molecule has 0 spiro atoms. The molecule has 4 N–H and O–H groups in total. The van der Waals surface area contributed by atoms with E-state index in [1.54, 1.807) is 12.1 Å². The first-order valence-electron chi connectivity index (χ1n) is 5.52. The third-order valence-electron chi connectivity index (χ3n) is 2.14. The van der Waals surface area contributed by atoms with Crippen LogP contribution in [0.4, 0.5) is 5.69 Å². The number of carbonyl (C=O) groups is 2. The van der Waals surface area contributed by atoms with E-state index in [-0.39, 0.29) is 18.5 Å². The Kier molecular flexibility index (Phi) is 6.53. The molecule has 1 rings (SSSR count). The van der Waals surface area contributed by atoms with E-state index in [2.05, 4.69) is 42.7 Å². The third kappa shape index (κ3) is 6.07. The van der Waals surface area contributed by atoms with Crippen molar-refractivity contribution in [1.29, 1.82) is 0 Å². The lowest BCUT2D eigenvalue weighted by Gasteiger charge is -2.11. The molecule has 0 aliphatic rings. The van der Waals surface area contributed by atoms with Crippen LogP contribution in [0.1, 0.15) is 12.8 Å². The molecular weight excluding hydrogens is 396 g/mol. The highest BCUT2D eigenvalue weighted by Crippen LogP contribution is 2.22. The highest BCUT2D eigenvalue weighted by molar-refractivity contribution is 9.11. The molecule has 0 radical (unpaired) electrons. The van der Waals surface area contributed by atoms with Gasteiger partial charge in [-0.3, -0.25) is 10.2 Å². The van der Waals surface area contributed by atoms with Gasteiger partial charge in [-0.25, -0.2) is 4.79 Å². The smallest absolute Gasteiger partial charge is 0.353 e. The van der Waals surface area contributed by atoms with Gasteiger partial charge >= 0.3 is 11.9 Å². The van der Waals surface area contributed by atoms with Gasteiger partial charge in [0.1, 0.15) is 5.70 Å². The fraction of sp³-hybridized carbons (Fsp3) is 0.167. The quantitative estimate of drug-likeness (QED) is 0.409. The monoisotopic (exact) mass is 406 g/mol. The van der Waals surface area contributed by atoms with Crippen LogP contribution in [-0.2, 0) is 9.59 Å². The summed E-state index contributed by atoms with van der Waals surface area (Å²) >= 11 is 6.63. The Morgan fingerprint density at radius 3 is 2.25 bits per heavy atom. The van der Waals surface area contributed by atoms with Crippen LogP contribution in [0.25, 0.3) is 0 Å². The van der Waals surface area contributed by atoms with Crippen LogP contribution < -0.4 is 10.9 Å². The molecule has 0 unspecified atom stereocenters. The van der Waals surface area contributed by atoms with Crippen molar-refractivity contribution < 1.29 is 19.8 Å². The number of halogens is 2. The van der Waals surface area contributed by atoms with Crippen molar-refractivity contribution in [2.24, 2.45) is 0 Å². The van der Waals surface area contributed by atoms with Gasteiger partial charge in [0.2, 0.25) is 0 Å². The van der Waals surface area contributed by atoms with Crippen molar-refractivity contribution in [3.8, 4) is 0 Å². The summed E-state index contributed by atoms with van der Waals surface area (Å²) in [5.41, 5.74) is 5.82. The Hall–Kier alpha value is -1.54. The number of rotatable bonds is 7. The molecule has 8 heteroatoms. The van der Waals surface area contributed by atoms with E-state index in [0.29, 0.717) is 5.69 Å². The van der Waals surface area contributed by atoms with Crippen molar-refractivity contribution in [2.45, 2.75) is 12.8 Å². The van der Waals surface area contributed by atoms with Crippen molar-refractivity contribution in [3.05, 3.63) is 38.9 Å². The molecular formula is C12H12Br2N2O4. The van der Waals surface area contributed by atoms with Crippen molar-refractivity contribution in [2.75, 3.05) is 5.43 Å². The highest BCUT2D eigenvalue weighted by atomic mass is 79.9. The number of carboxylic acid groups (broad SMARTS) is 2.